The molecule has 0 saturated heterocycles. The molecule has 2 nitrogen and oxygen atoms in total. The summed E-state index contributed by atoms with van der Waals surface area (Å²) in [4.78, 5) is 11.7. The fourth-order valence-electron chi connectivity index (χ4n) is 1.26. The molecule has 0 radical (unpaired) electrons. The minimum Gasteiger partial charge on any atom is -0.388 e. The first kappa shape index (κ1) is 11.5. The number of carbonyl (C=O) groups is 1. The third kappa shape index (κ3) is 3.98. The van der Waals surface area contributed by atoms with Crippen LogP contribution in [0.2, 0.25) is 0 Å². The Morgan fingerprint density at radius 1 is 1.33 bits per heavy atom. The molecular formula is C13H17NO. The van der Waals surface area contributed by atoms with Crippen molar-refractivity contribution in [3.63, 3.8) is 0 Å². The van der Waals surface area contributed by atoms with Crippen molar-refractivity contribution >= 4 is 5.78 Å². The fourth-order valence-corrected chi connectivity index (χ4v) is 1.26. The van der Waals surface area contributed by atoms with Crippen LogP contribution in [0, 0.1) is 0 Å². The van der Waals surface area contributed by atoms with Crippen molar-refractivity contribution in [2.75, 3.05) is 6.54 Å². The summed E-state index contributed by atoms with van der Waals surface area (Å²) in [5, 5.41) is 3.17. The van der Waals surface area contributed by atoms with E-state index < -0.39 is 0 Å². The molecule has 0 fully saturated rings. The van der Waals surface area contributed by atoms with Gasteiger partial charge in [-0.1, -0.05) is 37.3 Å². The Labute approximate surface area is 91.0 Å². The maximum Gasteiger partial charge on any atom is 0.187 e. The highest BCUT2D eigenvalue weighted by Gasteiger charge is 2.00. The van der Waals surface area contributed by atoms with Gasteiger partial charge in [0.1, 0.15) is 0 Å². The molecule has 0 amide bonds. The van der Waals surface area contributed by atoms with Crippen LogP contribution < -0.4 is 5.32 Å². The van der Waals surface area contributed by atoms with Gasteiger partial charge in [0.15, 0.2) is 5.78 Å². The quantitative estimate of drug-likeness (QED) is 0.589. The first-order valence-corrected chi connectivity index (χ1v) is 5.25. The van der Waals surface area contributed by atoms with Crippen molar-refractivity contribution < 1.29 is 4.79 Å². The highest BCUT2D eigenvalue weighted by atomic mass is 16.1. The van der Waals surface area contributed by atoms with Crippen LogP contribution in [0.25, 0.3) is 0 Å². The van der Waals surface area contributed by atoms with Crippen LogP contribution >= 0.6 is 0 Å². The van der Waals surface area contributed by atoms with Crippen molar-refractivity contribution in [1.29, 1.82) is 0 Å². The third-order valence-corrected chi connectivity index (χ3v) is 2.06. The van der Waals surface area contributed by atoms with E-state index in [-0.39, 0.29) is 5.78 Å². The van der Waals surface area contributed by atoms with Crippen LogP contribution in [0.1, 0.15) is 30.6 Å². The van der Waals surface area contributed by atoms with Crippen molar-refractivity contribution in [2.24, 2.45) is 0 Å². The maximum atomic E-state index is 11.7. The summed E-state index contributed by atoms with van der Waals surface area (Å²) in [6.45, 7) is 4.92. The summed E-state index contributed by atoms with van der Waals surface area (Å²) in [5.41, 5.74) is 1.65. The average molecular weight is 203 g/mol. The van der Waals surface area contributed by atoms with Gasteiger partial charge in [-0.3, -0.25) is 4.79 Å². The molecule has 1 rings (SSSR count). The van der Waals surface area contributed by atoms with Gasteiger partial charge in [0.2, 0.25) is 0 Å². The number of hydrogen-bond donors (Lipinski definition) is 1. The van der Waals surface area contributed by atoms with Crippen molar-refractivity contribution in [3.05, 3.63) is 47.7 Å². The van der Waals surface area contributed by atoms with Gasteiger partial charge in [-0.2, -0.15) is 0 Å². The lowest BCUT2D eigenvalue weighted by Crippen LogP contribution is -2.13. The average Bonchev–Trinajstić information content (AvgIpc) is 2.27. The molecule has 0 spiro atoms. The van der Waals surface area contributed by atoms with E-state index in [1.54, 1.807) is 6.08 Å². The molecule has 0 saturated carbocycles. The van der Waals surface area contributed by atoms with Gasteiger partial charge < -0.3 is 5.32 Å². The molecule has 1 aromatic carbocycles. The molecule has 0 aliphatic heterocycles. The lowest BCUT2D eigenvalue weighted by atomic mass is 10.1. The first-order chi connectivity index (χ1) is 7.24. The summed E-state index contributed by atoms with van der Waals surface area (Å²) >= 11 is 0. The summed E-state index contributed by atoms with van der Waals surface area (Å²) in [6.07, 6.45) is 2.70. The predicted octanol–water partition coefficient (Wildman–Crippen LogP) is 2.77. The Bertz CT molecular complexity index is 341. The number of ketones is 1. The molecule has 80 valence electrons. The monoisotopic (exact) mass is 203 g/mol. The number of hydrogen-bond acceptors (Lipinski definition) is 2. The van der Waals surface area contributed by atoms with E-state index >= 15 is 0 Å². The van der Waals surface area contributed by atoms with Crippen molar-refractivity contribution in [2.45, 2.75) is 20.3 Å². The Morgan fingerprint density at radius 3 is 2.60 bits per heavy atom. The van der Waals surface area contributed by atoms with E-state index in [1.165, 1.54) is 0 Å². The Kier molecular flexibility index (Phi) is 4.61. The normalized spacial score (nSPS) is 11.2. The van der Waals surface area contributed by atoms with Crippen LogP contribution in [0.15, 0.2) is 42.1 Å². The molecule has 1 N–H and O–H groups in total. The van der Waals surface area contributed by atoms with E-state index in [0.717, 1.165) is 24.2 Å². The Morgan fingerprint density at radius 2 is 2.00 bits per heavy atom. The standard InChI is InChI=1S/C13H17NO/c1-3-9-14-11(2)10-13(15)12-7-5-4-6-8-12/h4-8,10,14H,3,9H2,1-2H3/b11-10-. The zero-order valence-corrected chi connectivity index (χ0v) is 9.29. The molecular weight excluding hydrogens is 186 g/mol. The van der Waals surface area contributed by atoms with Crippen LogP contribution in [-0.4, -0.2) is 12.3 Å². The van der Waals surface area contributed by atoms with E-state index in [0.29, 0.717) is 0 Å². The van der Waals surface area contributed by atoms with Gasteiger partial charge in [0, 0.05) is 23.9 Å². The number of benzene rings is 1. The number of rotatable bonds is 5. The van der Waals surface area contributed by atoms with Crippen LogP contribution in [0.4, 0.5) is 0 Å². The Hall–Kier alpha value is -1.57. The van der Waals surface area contributed by atoms with Crippen LogP contribution in [0.5, 0.6) is 0 Å². The summed E-state index contributed by atoms with van der Waals surface area (Å²) in [6, 6.07) is 9.30. The van der Waals surface area contributed by atoms with E-state index in [4.69, 9.17) is 0 Å². The molecule has 0 bridgehead atoms. The van der Waals surface area contributed by atoms with Crippen molar-refractivity contribution in [1.82, 2.24) is 5.32 Å². The van der Waals surface area contributed by atoms with E-state index in [2.05, 4.69) is 12.2 Å². The number of allylic oxidation sites excluding steroid dienone is 2. The first-order valence-electron chi connectivity index (χ1n) is 5.25. The molecule has 0 aromatic heterocycles. The van der Waals surface area contributed by atoms with Crippen LogP contribution in [-0.2, 0) is 0 Å². The minimum absolute atomic E-state index is 0.0525. The summed E-state index contributed by atoms with van der Waals surface area (Å²) < 4.78 is 0. The second kappa shape index (κ2) is 6.02. The SMILES string of the molecule is CCCN/C(C)=C\C(=O)c1ccccc1. The molecule has 15 heavy (non-hydrogen) atoms. The molecule has 0 atom stereocenters. The molecule has 0 aliphatic carbocycles. The lowest BCUT2D eigenvalue weighted by molar-refractivity contribution is 0.104. The molecule has 0 aliphatic rings. The van der Waals surface area contributed by atoms with Gasteiger partial charge in [0.05, 0.1) is 0 Å². The van der Waals surface area contributed by atoms with Gasteiger partial charge >= 0.3 is 0 Å². The molecule has 0 unspecified atom stereocenters. The molecule has 1 aromatic rings. The highest BCUT2D eigenvalue weighted by molar-refractivity contribution is 6.04. The molecule has 2 heteroatoms. The zero-order valence-electron chi connectivity index (χ0n) is 9.29. The largest absolute Gasteiger partial charge is 0.388 e. The third-order valence-electron chi connectivity index (χ3n) is 2.06. The minimum atomic E-state index is 0.0525. The van der Waals surface area contributed by atoms with Gasteiger partial charge in [-0.05, 0) is 13.3 Å². The lowest BCUT2D eigenvalue weighted by Gasteiger charge is -2.03. The summed E-state index contributed by atoms with van der Waals surface area (Å²) in [5.74, 6) is 0.0525. The fraction of sp³-hybridized carbons (Fsp3) is 0.308. The predicted molar refractivity (Wildman–Crippen MR) is 62.8 cm³/mol. The Balaban J connectivity index is 2.62. The van der Waals surface area contributed by atoms with Crippen LogP contribution in [0.3, 0.4) is 0 Å². The molecule has 0 heterocycles. The van der Waals surface area contributed by atoms with Crippen molar-refractivity contribution in [3.8, 4) is 0 Å². The van der Waals surface area contributed by atoms with E-state index in [1.807, 2.05) is 37.3 Å². The second-order valence-electron chi connectivity index (χ2n) is 3.48. The van der Waals surface area contributed by atoms with Gasteiger partial charge in [-0.15, -0.1) is 0 Å². The highest BCUT2D eigenvalue weighted by Crippen LogP contribution is 2.02. The smallest absolute Gasteiger partial charge is 0.187 e. The maximum absolute atomic E-state index is 11.7. The van der Waals surface area contributed by atoms with E-state index in [9.17, 15) is 4.79 Å². The second-order valence-corrected chi connectivity index (χ2v) is 3.48. The topological polar surface area (TPSA) is 29.1 Å². The number of carbonyl (C=O) groups excluding carboxylic acids is 1. The summed E-state index contributed by atoms with van der Waals surface area (Å²) in [7, 11) is 0. The zero-order chi connectivity index (χ0) is 11.1. The van der Waals surface area contributed by atoms with Gasteiger partial charge in [-0.25, -0.2) is 0 Å². The number of nitrogens with one attached hydrogen (secondary N) is 1. The van der Waals surface area contributed by atoms with Gasteiger partial charge in [0.25, 0.3) is 0 Å².